The Hall–Kier alpha value is -4.41. The van der Waals surface area contributed by atoms with E-state index in [2.05, 4.69) is 16.0 Å². The van der Waals surface area contributed by atoms with Gasteiger partial charge in [-0.1, -0.05) is 48.9 Å². The first kappa shape index (κ1) is 37.4. The van der Waals surface area contributed by atoms with Crippen LogP contribution in [0, 0.1) is 5.92 Å². The minimum Gasteiger partial charge on any atom is -0.481 e. The van der Waals surface area contributed by atoms with Crippen LogP contribution >= 0.6 is 0 Å². The zero-order chi connectivity index (χ0) is 35.7. The van der Waals surface area contributed by atoms with E-state index in [1.807, 2.05) is 30.3 Å². The van der Waals surface area contributed by atoms with Crippen LogP contribution in [0.15, 0.2) is 54.6 Å². The average Bonchev–Trinajstić information content (AvgIpc) is 3.93. The van der Waals surface area contributed by atoms with Gasteiger partial charge in [0.1, 0.15) is 18.3 Å². The van der Waals surface area contributed by atoms with E-state index in [1.165, 1.54) is 0 Å². The summed E-state index contributed by atoms with van der Waals surface area (Å²) < 4.78 is 11.4. The van der Waals surface area contributed by atoms with Crippen molar-refractivity contribution in [2.75, 3.05) is 13.2 Å². The normalized spacial score (nSPS) is 24.7. The lowest BCUT2D eigenvalue weighted by Crippen LogP contribution is -2.77. The fourth-order valence-electron chi connectivity index (χ4n) is 5.69. The third-order valence-electron chi connectivity index (χ3n) is 8.51. The Morgan fingerprint density at radius 3 is 2.14 bits per heavy atom. The molecule has 1 aliphatic carbocycles. The zero-order valence-electron chi connectivity index (χ0n) is 27.0. The topological polar surface area (TPSA) is 241 Å². The second-order valence-electron chi connectivity index (χ2n) is 12.3. The number of aliphatic carboxylic acids is 2. The molecule has 2 fully saturated rings. The van der Waals surface area contributed by atoms with E-state index < -0.39 is 84.4 Å². The van der Waals surface area contributed by atoms with Crippen LogP contribution in [0.2, 0.25) is 0 Å². The number of ether oxygens (including phenoxy) is 2. The molecule has 7 atom stereocenters. The van der Waals surface area contributed by atoms with Crippen LogP contribution in [0.25, 0.3) is 11.1 Å². The molecule has 0 spiro atoms. The van der Waals surface area contributed by atoms with Crippen LogP contribution in [0.1, 0.15) is 55.8 Å². The summed E-state index contributed by atoms with van der Waals surface area (Å²) in [6.07, 6.45) is -5.84. The number of carboxylic acids is 2. The molecule has 2 aliphatic rings. The van der Waals surface area contributed by atoms with Crippen LogP contribution < -0.4 is 16.0 Å². The number of benzene rings is 2. The van der Waals surface area contributed by atoms with Crippen LogP contribution in [-0.2, 0) is 28.7 Å². The zero-order valence-corrected chi connectivity index (χ0v) is 27.0. The van der Waals surface area contributed by atoms with Crippen LogP contribution in [0.5, 0.6) is 0 Å². The molecule has 0 aromatic heterocycles. The Balaban J connectivity index is 1.53. The number of unbranched alkanes of at least 4 members (excludes halogenated alkanes) is 2. The van der Waals surface area contributed by atoms with Gasteiger partial charge in [-0.05, 0) is 48.9 Å². The number of aliphatic hydroxyl groups excluding tert-OH is 3. The van der Waals surface area contributed by atoms with Crippen molar-refractivity contribution in [1.82, 2.24) is 16.0 Å². The van der Waals surface area contributed by atoms with Gasteiger partial charge in [-0.3, -0.25) is 19.2 Å². The third-order valence-corrected chi connectivity index (χ3v) is 8.51. The Bertz CT molecular complexity index is 1470. The number of amides is 3. The van der Waals surface area contributed by atoms with Gasteiger partial charge < -0.3 is 51.0 Å². The number of carbonyl (C=O) groups excluding carboxylic acids is 3. The van der Waals surface area contributed by atoms with Crippen LogP contribution in [0.4, 0.5) is 0 Å². The maximum Gasteiger partial charge on any atom is 0.367 e. The van der Waals surface area contributed by atoms with Gasteiger partial charge in [0.25, 0.3) is 11.7 Å². The largest absolute Gasteiger partial charge is 0.481 e. The van der Waals surface area contributed by atoms with Crippen LogP contribution in [0.3, 0.4) is 0 Å². The van der Waals surface area contributed by atoms with E-state index >= 15 is 0 Å². The highest BCUT2D eigenvalue weighted by molar-refractivity contribution is 5.94. The second kappa shape index (κ2) is 16.8. The molecule has 1 heterocycles. The summed E-state index contributed by atoms with van der Waals surface area (Å²) in [6, 6.07) is 13.2. The molecule has 1 aliphatic heterocycles. The lowest BCUT2D eigenvalue weighted by molar-refractivity contribution is -0.333. The fraction of sp³-hybridized carbons (Fsp3) is 0.500. The number of nitrogens with one attached hydrogen (secondary N) is 3. The van der Waals surface area contributed by atoms with Crippen molar-refractivity contribution in [3.05, 3.63) is 60.2 Å². The van der Waals surface area contributed by atoms with Crippen molar-refractivity contribution >= 4 is 29.7 Å². The van der Waals surface area contributed by atoms with Gasteiger partial charge in [0.2, 0.25) is 11.8 Å². The maximum absolute atomic E-state index is 12.9. The van der Waals surface area contributed by atoms with Crippen molar-refractivity contribution < 1.29 is 59.0 Å². The number of carbonyl (C=O) groups is 5. The molecule has 2 aromatic rings. The van der Waals surface area contributed by atoms with E-state index in [0.717, 1.165) is 18.1 Å². The van der Waals surface area contributed by atoms with Gasteiger partial charge in [-0.2, -0.15) is 0 Å². The lowest BCUT2D eigenvalue weighted by Gasteiger charge is -2.50. The number of hydrogen-bond acceptors (Lipinski definition) is 10. The standard InChI is InChI=1S/C34H43N3O12/c1-19(38)36-26-27(37-32(45)23-15-16-23)30(43)34(33(46)47,48-17-7-3-6-10-25(40)41)49-29(26)28(42)24(39)18-35-31(44)22-13-11-21(12-14-22)20-8-4-2-5-9-20/h2,4-5,8-9,11-14,23-24,26-30,39,42-43H,3,6-7,10,15-18H2,1H3,(H,35,44)(H,36,38)(H,37,45)(H,40,41)(H,46,47)/t24-,26-,27-,28-,29-,30+,34-/m1/s1. The Labute approximate surface area is 282 Å². The molecule has 0 radical (unpaired) electrons. The first-order valence-corrected chi connectivity index (χ1v) is 16.2. The van der Waals surface area contributed by atoms with Crippen molar-refractivity contribution in [2.24, 2.45) is 5.92 Å². The van der Waals surface area contributed by atoms with Crippen LogP contribution in [-0.4, -0.2) is 111 Å². The van der Waals surface area contributed by atoms with E-state index in [1.54, 1.807) is 24.3 Å². The van der Waals surface area contributed by atoms with Gasteiger partial charge >= 0.3 is 11.9 Å². The Kier molecular flexibility index (Phi) is 12.8. The Morgan fingerprint density at radius 1 is 0.898 bits per heavy atom. The minimum atomic E-state index is -2.88. The molecule has 0 unspecified atom stereocenters. The van der Waals surface area contributed by atoms with Gasteiger partial charge in [0.15, 0.2) is 0 Å². The van der Waals surface area contributed by atoms with Crippen molar-refractivity contribution in [1.29, 1.82) is 0 Å². The van der Waals surface area contributed by atoms with E-state index in [0.29, 0.717) is 19.3 Å². The smallest absolute Gasteiger partial charge is 0.367 e. The second-order valence-corrected chi connectivity index (χ2v) is 12.3. The van der Waals surface area contributed by atoms with Gasteiger partial charge in [0, 0.05) is 31.4 Å². The van der Waals surface area contributed by atoms with Gasteiger partial charge in [-0.25, -0.2) is 4.79 Å². The summed E-state index contributed by atoms with van der Waals surface area (Å²) in [5.74, 6) is -7.85. The molecule has 0 bridgehead atoms. The highest BCUT2D eigenvalue weighted by Gasteiger charge is 2.62. The summed E-state index contributed by atoms with van der Waals surface area (Å²) >= 11 is 0. The summed E-state index contributed by atoms with van der Waals surface area (Å²) in [5.41, 5.74) is 2.09. The van der Waals surface area contributed by atoms with Crippen molar-refractivity contribution in [3.8, 4) is 11.1 Å². The van der Waals surface area contributed by atoms with Gasteiger partial charge in [-0.15, -0.1) is 0 Å². The summed E-state index contributed by atoms with van der Waals surface area (Å²) in [5, 5.41) is 60.6. The first-order chi connectivity index (χ1) is 23.3. The Morgan fingerprint density at radius 2 is 1.55 bits per heavy atom. The summed E-state index contributed by atoms with van der Waals surface area (Å²) in [6.45, 7) is 0.281. The quantitative estimate of drug-likeness (QED) is 0.106. The molecule has 266 valence electrons. The molecule has 1 saturated carbocycles. The number of aliphatic hydroxyl groups is 3. The number of carboxylic acid groups (broad SMARTS) is 2. The first-order valence-electron chi connectivity index (χ1n) is 16.2. The molecule has 1 saturated heterocycles. The summed E-state index contributed by atoms with van der Waals surface area (Å²) in [4.78, 5) is 61.6. The molecule has 8 N–H and O–H groups in total. The molecular formula is C34H43N3O12. The predicted octanol–water partition coefficient (Wildman–Crippen LogP) is 0.407. The minimum absolute atomic E-state index is 0.113. The molecule has 4 rings (SSSR count). The number of hydrogen-bond donors (Lipinski definition) is 8. The van der Waals surface area contributed by atoms with E-state index in [4.69, 9.17) is 14.6 Å². The molecule has 3 amide bonds. The van der Waals surface area contributed by atoms with E-state index in [9.17, 15) is 44.4 Å². The molecule has 2 aromatic carbocycles. The van der Waals surface area contributed by atoms with Crippen molar-refractivity contribution in [3.63, 3.8) is 0 Å². The monoisotopic (exact) mass is 685 g/mol. The lowest BCUT2D eigenvalue weighted by atomic mass is 9.84. The number of rotatable bonds is 17. The average molecular weight is 686 g/mol. The van der Waals surface area contributed by atoms with E-state index in [-0.39, 0.29) is 31.4 Å². The molecule has 49 heavy (non-hydrogen) atoms. The fourth-order valence-corrected chi connectivity index (χ4v) is 5.69. The SMILES string of the molecule is CC(=O)N[C@@H]1[C@@H](NC(=O)C2CC2)[C@H](O)[C@](OCCCCCC(=O)O)(C(=O)O)O[C@H]1[C@H](O)[C@H](O)CNC(=O)c1ccc(-c2ccccc2)cc1. The maximum atomic E-state index is 12.9. The highest BCUT2D eigenvalue weighted by atomic mass is 16.7. The molecular weight excluding hydrogens is 642 g/mol. The molecule has 15 heteroatoms. The third kappa shape index (κ3) is 9.61. The molecule has 15 nitrogen and oxygen atoms in total. The summed E-state index contributed by atoms with van der Waals surface area (Å²) in [7, 11) is 0. The van der Waals surface area contributed by atoms with Crippen molar-refractivity contribution in [2.45, 2.75) is 87.7 Å². The predicted molar refractivity (Wildman–Crippen MR) is 172 cm³/mol. The van der Waals surface area contributed by atoms with Gasteiger partial charge in [0.05, 0.1) is 24.8 Å². The highest BCUT2D eigenvalue weighted by Crippen LogP contribution is 2.36.